The van der Waals surface area contributed by atoms with Gasteiger partial charge in [0, 0.05) is 6.07 Å². The van der Waals surface area contributed by atoms with Crippen LogP contribution in [-0.2, 0) is 18.0 Å². The number of esters is 1. The lowest BCUT2D eigenvalue weighted by Gasteiger charge is -2.14. The molecule has 0 amide bonds. The van der Waals surface area contributed by atoms with E-state index in [-0.39, 0.29) is 0 Å². The highest BCUT2D eigenvalue weighted by atomic mass is 16.6. The Kier molecular flexibility index (Phi) is 4.94. The molecule has 5 heteroatoms. The quantitative estimate of drug-likeness (QED) is 0.593. The van der Waals surface area contributed by atoms with Gasteiger partial charge in [-0.25, -0.2) is 4.79 Å². The Balaban J connectivity index is 1.62. The van der Waals surface area contributed by atoms with Gasteiger partial charge >= 0.3 is 5.97 Å². The lowest BCUT2D eigenvalue weighted by Crippen LogP contribution is -2.03. The topological polar surface area (TPSA) is 68.5 Å². The normalized spacial score (nSPS) is 14.7. The predicted molar refractivity (Wildman–Crippen MR) is 102 cm³/mol. The van der Waals surface area contributed by atoms with Gasteiger partial charge in [-0.15, -0.1) is 0 Å². The van der Waals surface area contributed by atoms with Crippen LogP contribution in [0.4, 0.5) is 0 Å². The third kappa shape index (κ3) is 3.67. The number of carbonyl (C=O) groups is 1. The van der Waals surface area contributed by atoms with Crippen LogP contribution in [0.2, 0.25) is 0 Å². The Morgan fingerprint density at radius 2 is 1.50 bits per heavy atom. The summed E-state index contributed by atoms with van der Waals surface area (Å²) in [5.41, 5.74) is 2.74. The Labute approximate surface area is 162 Å². The zero-order chi connectivity index (χ0) is 19.3. The summed E-state index contributed by atoms with van der Waals surface area (Å²) >= 11 is 0. The zero-order valence-electron chi connectivity index (χ0n) is 15.0. The molecule has 0 saturated heterocycles. The number of cyclic esters (lactones) is 1. The van der Waals surface area contributed by atoms with E-state index in [0.717, 1.165) is 11.1 Å². The molecule has 1 aliphatic rings. The molecule has 0 saturated carbocycles. The number of carbonyl (C=O) groups excluding carboxylic acids is 1. The summed E-state index contributed by atoms with van der Waals surface area (Å²) in [4.78, 5) is 12.2. The zero-order valence-corrected chi connectivity index (χ0v) is 15.0. The first-order valence-corrected chi connectivity index (χ1v) is 8.86. The second-order valence-corrected chi connectivity index (χ2v) is 6.35. The fourth-order valence-corrected chi connectivity index (χ4v) is 3.04. The first-order chi connectivity index (χ1) is 13.7. The monoisotopic (exact) mass is 371 g/mol. The van der Waals surface area contributed by atoms with Crippen LogP contribution in [0.1, 0.15) is 33.2 Å². The molecule has 0 N–H and O–H groups in total. The van der Waals surface area contributed by atoms with Crippen LogP contribution in [0.5, 0.6) is 11.5 Å². The van der Waals surface area contributed by atoms with Crippen LogP contribution in [0, 0.1) is 11.3 Å². The van der Waals surface area contributed by atoms with Crippen molar-refractivity contribution in [3.63, 3.8) is 0 Å². The maximum Gasteiger partial charge on any atom is 0.340 e. The minimum absolute atomic E-state index is 0.306. The Morgan fingerprint density at radius 3 is 2.11 bits per heavy atom. The summed E-state index contributed by atoms with van der Waals surface area (Å²) in [7, 11) is 0. The Hall–Kier alpha value is -3.78. The molecule has 0 radical (unpaired) electrons. The molecular formula is C23H17NO4. The van der Waals surface area contributed by atoms with Crippen molar-refractivity contribution in [3.8, 4) is 17.6 Å². The number of hydrogen-bond acceptors (Lipinski definition) is 5. The lowest BCUT2D eigenvalue weighted by molar-refractivity contribution is 0.0476. The van der Waals surface area contributed by atoms with Gasteiger partial charge < -0.3 is 14.2 Å². The van der Waals surface area contributed by atoms with Gasteiger partial charge in [0.05, 0.1) is 11.1 Å². The molecule has 1 atom stereocenters. The second-order valence-electron chi connectivity index (χ2n) is 6.35. The molecule has 28 heavy (non-hydrogen) atoms. The van der Waals surface area contributed by atoms with Crippen LogP contribution in [0.3, 0.4) is 0 Å². The average molecular weight is 371 g/mol. The third-order valence-electron chi connectivity index (χ3n) is 4.43. The number of nitrogens with zero attached hydrogens (tertiary/aromatic N) is 1. The standard InChI is InChI=1S/C23H17NO4/c24-13-21-22-19(23(25)28-21)11-18(26-14-16-7-3-1-4-8-16)12-20(22)27-15-17-9-5-2-6-10-17/h1-12,21H,14-15H2. The van der Waals surface area contributed by atoms with E-state index in [2.05, 4.69) is 0 Å². The van der Waals surface area contributed by atoms with E-state index in [1.54, 1.807) is 12.1 Å². The minimum Gasteiger partial charge on any atom is -0.489 e. The third-order valence-corrected chi connectivity index (χ3v) is 4.43. The first kappa shape index (κ1) is 17.6. The van der Waals surface area contributed by atoms with Crippen LogP contribution in [0.25, 0.3) is 0 Å². The van der Waals surface area contributed by atoms with Gasteiger partial charge in [-0.2, -0.15) is 5.26 Å². The molecule has 1 aliphatic heterocycles. The van der Waals surface area contributed by atoms with Crippen LogP contribution in [0.15, 0.2) is 72.8 Å². The van der Waals surface area contributed by atoms with Crippen molar-refractivity contribution < 1.29 is 19.0 Å². The van der Waals surface area contributed by atoms with Gasteiger partial charge in [-0.3, -0.25) is 0 Å². The molecule has 4 rings (SSSR count). The number of ether oxygens (including phenoxy) is 3. The molecule has 138 valence electrons. The van der Waals surface area contributed by atoms with Crippen LogP contribution in [-0.4, -0.2) is 5.97 Å². The van der Waals surface area contributed by atoms with E-state index in [1.807, 2.05) is 66.7 Å². The van der Waals surface area contributed by atoms with Gasteiger partial charge in [0.2, 0.25) is 6.10 Å². The smallest absolute Gasteiger partial charge is 0.340 e. The van der Waals surface area contributed by atoms with Crippen molar-refractivity contribution in [1.29, 1.82) is 5.26 Å². The van der Waals surface area contributed by atoms with Crippen molar-refractivity contribution in [2.75, 3.05) is 0 Å². The van der Waals surface area contributed by atoms with Gasteiger partial charge in [0.25, 0.3) is 0 Å². The number of nitriles is 1. The summed E-state index contributed by atoms with van der Waals surface area (Å²) in [5, 5.41) is 9.35. The van der Waals surface area contributed by atoms with Crippen LogP contribution < -0.4 is 9.47 Å². The fraction of sp³-hybridized carbons (Fsp3) is 0.130. The molecule has 5 nitrogen and oxygen atoms in total. The fourth-order valence-electron chi connectivity index (χ4n) is 3.04. The van der Waals surface area contributed by atoms with Gasteiger partial charge in [0.1, 0.15) is 30.8 Å². The highest BCUT2D eigenvalue weighted by Gasteiger charge is 2.35. The first-order valence-electron chi connectivity index (χ1n) is 8.86. The maximum absolute atomic E-state index is 12.2. The largest absolute Gasteiger partial charge is 0.489 e. The molecule has 3 aromatic rings. The summed E-state index contributed by atoms with van der Waals surface area (Å²) in [5.74, 6) is 0.360. The SMILES string of the molecule is N#CC1OC(=O)c2cc(OCc3ccccc3)cc(OCc3ccccc3)c21. The molecular weight excluding hydrogens is 354 g/mol. The second kappa shape index (κ2) is 7.85. The molecule has 0 aromatic heterocycles. The summed E-state index contributed by atoms with van der Waals surface area (Å²) in [6, 6.07) is 24.7. The molecule has 0 spiro atoms. The number of rotatable bonds is 6. The number of fused-ring (bicyclic) bond motifs is 1. The lowest BCUT2D eigenvalue weighted by atomic mass is 10.0. The molecule has 0 fully saturated rings. The van der Waals surface area contributed by atoms with Crippen molar-refractivity contribution in [3.05, 3.63) is 95.1 Å². The van der Waals surface area contributed by atoms with E-state index in [9.17, 15) is 10.1 Å². The Bertz CT molecular complexity index is 1030. The average Bonchev–Trinajstić information content (AvgIpc) is 3.08. The predicted octanol–water partition coefficient (Wildman–Crippen LogP) is 4.58. The van der Waals surface area contributed by atoms with E-state index < -0.39 is 12.1 Å². The summed E-state index contributed by atoms with van der Waals surface area (Å²) < 4.78 is 17.0. The molecule has 3 aromatic carbocycles. The van der Waals surface area contributed by atoms with E-state index in [1.165, 1.54) is 0 Å². The number of benzene rings is 3. The van der Waals surface area contributed by atoms with Gasteiger partial charge in [-0.05, 0) is 17.2 Å². The van der Waals surface area contributed by atoms with E-state index in [4.69, 9.17) is 14.2 Å². The minimum atomic E-state index is -0.976. The van der Waals surface area contributed by atoms with Crippen molar-refractivity contribution in [2.45, 2.75) is 19.3 Å². The van der Waals surface area contributed by atoms with Crippen molar-refractivity contribution in [2.24, 2.45) is 0 Å². The molecule has 0 aliphatic carbocycles. The van der Waals surface area contributed by atoms with Gasteiger partial charge in [-0.1, -0.05) is 60.7 Å². The van der Waals surface area contributed by atoms with Gasteiger partial charge in [0.15, 0.2) is 0 Å². The van der Waals surface area contributed by atoms with Crippen molar-refractivity contribution >= 4 is 5.97 Å². The van der Waals surface area contributed by atoms with E-state index in [0.29, 0.717) is 35.8 Å². The Morgan fingerprint density at radius 1 is 0.893 bits per heavy atom. The highest BCUT2D eigenvalue weighted by Crippen LogP contribution is 2.40. The summed E-state index contributed by atoms with van der Waals surface area (Å²) in [6.07, 6.45) is -0.976. The number of hydrogen-bond donors (Lipinski definition) is 0. The van der Waals surface area contributed by atoms with Crippen molar-refractivity contribution in [1.82, 2.24) is 0 Å². The molecule has 1 unspecified atom stereocenters. The summed E-state index contributed by atoms with van der Waals surface area (Å²) in [6.45, 7) is 0.663. The molecule has 1 heterocycles. The van der Waals surface area contributed by atoms with E-state index >= 15 is 0 Å². The highest BCUT2D eigenvalue weighted by molar-refractivity contribution is 5.96. The molecule has 0 bridgehead atoms. The maximum atomic E-state index is 12.2. The van der Waals surface area contributed by atoms with Crippen LogP contribution >= 0.6 is 0 Å².